The van der Waals surface area contributed by atoms with E-state index in [-0.39, 0.29) is 0 Å². The van der Waals surface area contributed by atoms with Crippen LogP contribution < -0.4 is 5.73 Å². The van der Waals surface area contributed by atoms with Gasteiger partial charge in [0.05, 0.1) is 0 Å². The summed E-state index contributed by atoms with van der Waals surface area (Å²) in [6, 6.07) is 8.44. The van der Waals surface area contributed by atoms with Crippen molar-refractivity contribution in [1.29, 1.82) is 0 Å². The number of halogens is 1. The van der Waals surface area contributed by atoms with Gasteiger partial charge in [0.1, 0.15) is 0 Å². The largest absolute Gasteiger partial charge is 0.333 e. The molecule has 0 spiro atoms. The van der Waals surface area contributed by atoms with Gasteiger partial charge in [0.25, 0.3) is 0 Å². The summed E-state index contributed by atoms with van der Waals surface area (Å²) in [5.41, 5.74) is 5.82. The first-order valence-corrected chi connectivity index (χ1v) is 4.17. The molecule has 0 aliphatic carbocycles. The van der Waals surface area contributed by atoms with Crippen LogP contribution in [0.4, 0.5) is 0 Å². The third-order valence-corrected chi connectivity index (χ3v) is 1.73. The van der Waals surface area contributed by atoms with E-state index in [0.717, 1.165) is 0 Å². The molecule has 0 amide bonds. The summed E-state index contributed by atoms with van der Waals surface area (Å²) >= 11 is 2.30. The van der Waals surface area contributed by atoms with E-state index in [9.17, 15) is 0 Å². The second kappa shape index (κ2) is 5.68. The Morgan fingerprint density at radius 3 is 1.80 bits per heavy atom. The molecular weight excluding hydrogens is 237 g/mol. The minimum absolute atomic E-state index is 1.30. The van der Waals surface area contributed by atoms with Gasteiger partial charge in [-0.05, 0) is 48.7 Å². The van der Waals surface area contributed by atoms with Gasteiger partial charge in [-0.1, -0.05) is 17.7 Å². The molecule has 1 nitrogen and oxygen atoms in total. The lowest BCUT2D eigenvalue weighted by Gasteiger charge is -1.88. The first-order chi connectivity index (χ1) is 4.79. The SMILES string of the molecule is CN.Cc1ccc(I)cc1. The average Bonchev–Trinajstić information content (AvgIpc) is 2.00. The van der Waals surface area contributed by atoms with Crippen molar-refractivity contribution >= 4 is 22.6 Å². The third kappa shape index (κ3) is 3.85. The Labute approximate surface area is 75.8 Å². The fraction of sp³-hybridized carbons (Fsp3) is 0.250. The van der Waals surface area contributed by atoms with Crippen LogP contribution >= 0.6 is 22.6 Å². The number of hydrogen-bond donors (Lipinski definition) is 1. The molecule has 0 saturated carbocycles. The molecule has 0 unspecified atom stereocenters. The molecule has 2 N–H and O–H groups in total. The molecule has 56 valence electrons. The average molecular weight is 249 g/mol. The molecule has 10 heavy (non-hydrogen) atoms. The maximum atomic E-state index is 4.50. The van der Waals surface area contributed by atoms with Gasteiger partial charge in [-0.2, -0.15) is 0 Å². The molecule has 0 heterocycles. The van der Waals surface area contributed by atoms with Crippen LogP contribution in [0.25, 0.3) is 0 Å². The van der Waals surface area contributed by atoms with Gasteiger partial charge in [0, 0.05) is 3.57 Å². The van der Waals surface area contributed by atoms with Crippen molar-refractivity contribution in [2.45, 2.75) is 6.92 Å². The maximum absolute atomic E-state index is 4.50. The Morgan fingerprint density at radius 1 is 1.10 bits per heavy atom. The first-order valence-electron chi connectivity index (χ1n) is 3.09. The molecular formula is C8H12IN. The second-order valence-electron chi connectivity index (χ2n) is 1.80. The lowest BCUT2D eigenvalue weighted by Crippen LogP contribution is -1.69. The van der Waals surface area contributed by atoms with E-state index in [2.05, 4.69) is 59.5 Å². The topological polar surface area (TPSA) is 26.0 Å². The molecule has 1 aromatic carbocycles. The second-order valence-corrected chi connectivity index (χ2v) is 3.04. The number of benzene rings is 1. The van der Waals surface area contributed by atoms with Gasteiger partial charge in [-0.25, -0.2) is 0 Å². The molecule has 0 radical (unpaired) electrons. The molecule has 0 aliphatic rings. The highest BCUT2D eigenvalue weighted by Crippen LogP contribution is 2.04. The molecule has 2 heteroatoms. The van der Waals surface area contributed by atoms with Crippen LogP contribution in [-0.4, -0.2) is 7.05 Å². The van der Waals surface area contributed by atoms with Crippen LogP contribution in [-0.2, 0) is 0 Å². The van der Waals surface area contributed by atoms with Crippen LogP contribution in [0, 0.1) is 10.5 Å². The summed E-state index contributed by atoms with van der Waals surface area (Å²) in [6.07, 6.45) is 0. The zero-order valence-corrected chi connectivity index (χ0v) is 8.42. The Morgan fingerprint density at radius 2 is 1.50 bits per heavy atom. The highest BCUT2D eigenvalue weighted by Gasteiger charge is 1.81. The van der Waals surface area contributed by atoms with E-state index in [0.29, 0.717) is 0 Å². The predicted molar refractivity (Wildman–Crippen MR) is 54.0 cm³/mol. The minimum atomic E-state index is 1.30. The van der Waals surface area contributed by atoms with Gasteiger partial charge < -0.3 is 5.73 Å². The zero-order valence-electron chi connectivity index (χ0n) is 6.26. The summed E-state index contributed by atoms with van der Waals surface area (Å²) in [4.78, 5) is 0. The molecule has 0 bridgehead atoms. The zero-order chi connectivity index (χ0) is 7.98. The van der Waals surface area contributed by atoms with E-state index < -0.39 is 0 Å². The smallest absolute Gasteiger partial charge is 0.0130 e. The lowest BCUT2D eigenvalue weighted by molar-refractivity contribution is 1.46. The van der Waals surface area contributed by atoms with Crippen molar-refractivity contribution in [2.24, 2.45) is 5.73 Å². The molecule has 0 atom stereocenters. The van der Waals surface area contributed by atoms with Crippen molar-refractivity contribution in [2.75, 3.05) is 7.05 Å². The van der Waals surface area contributed by atoms with E-state index >= 15 is 0 Å². The van der Waals surface area contributed by atoms with Crippen molar-refractivity contribution < 1.29 is 0 Å². The normalized spacial score (nSPS) is 8.00. The Hall–Kier alpha value is -0.0900. The van der Waals surface area contributed by atoms with Crippen molar-refractivity contribution in [3.05, 3.63) is 33.4 Å². The molecule has 0 aliphatic heterocycles. The summed E-state index contributed by atoms with van der Waals surface area (Å²) in [5, 5.41) is 0. The fourth-order valence-electron chi connectivity index (χ4n) is 0.533. The lowest BCUT2D eigenvalue weighted by atomic mass is 10.2. The number of aryl methyl sites for hydroxylation is 1. The van der Waals surface area contributed by atoms with Gasteiger partial charge in [0.15, 0.2) is 0 Å². The number of hydrogen-bond acceptors (Lipinski definition) is 1. The fourth-order valence-corrected chi connectivity index (χ4v) is 0.893. The monoisotopic (exact) mass is 249 g/mol. The van der Waals surface area contributed by atoms with Crippen LogP contribution in [0.5, 0.6) is 0 Å². The Kier molecular flexibility index (Phi) is 5.63. The van der Waals surface area contributed by atoms with Crippen molar-refractivity contribution in [3.8, 4) is 0 Å². The van der Waals surface area contributed by atoms with Crippen molar-refractivity contribution in [1.82, 2.24) is 0 Å². The van der Waals surface area contributed by atoms with Crippen LogP contribution in [0.3, 0.4) is 0 Å². The maximum Gasteiger partial charge on any atom is 0.0130 e. The third-order valence-electron chi connectivity index (χ3n) is 1.01. The van der Waals surface area contributed by atoms with E-state index in [4.69, 9.17) is 0 Å². The molecule has 1 aromatic rings. The Bertz CT molecular complexity index is 148. The highest BCUT2D eigenvalue weighted by molar-refractivity contribution is 14.1. The van der Waals surface area contributed by atoms with Gasteiger partial charge >= 0.3 is 0 Å². The first kappa shape index (κ1) is 9.91. The Balaban J connectivity index is 0.000000371. The van der Waals surface area contributed by atoms with E-state index in [1.165, 1.54) is 16.2 Å². The number of rotatable bonds is 0. The molecule has 1 rings (SSSR count). The van der Waals surface area contributed by atoms with Gasteiger partial charge in [-0.3, -0.25) is 0 Å². The molecule has 0 aromatic heterocycles. The summed E-state index contributed by atoms with van der Waals surface area (Å²) in [6.45, 7) is 2.09. The van der Waals surface area contributed by atoms with Gasteiger partial charge in [0.2, 0.25) is 0 Å². The summed E-state index contributed by atoms with van der Waals surface area (Å²) in [5.74, 6) is 0. The quantitative estimate of drug-likeness (QED) is 0.700. The van der Waals surface area contributed by atoms with Crippen molar-refractivity contribution in [3.63, 3.8) is 0 Å². The summed E-state index contributed by atoms with van der Waals surface area (Å²) < 4.78 is 1.30. The van der Waals surface area contributed by atoms with Crippen LogP contribution in [0.15, 0.2) is 24.3 Å². The molecule has 0 fully saturated rings. The van der Waals surface area contributed by atoms with E-state index in [1.54, 1.807) is 0 Å². The molecule has 0 saturated heterocycles. The summed E-state index contributed by atoms with van der Waals surface area (Å²) in [7, 11) is 1.50. The van der Waals surface area contributed by atoms with Gasteiger partial charge in [-0.15, -0.1) is 0 Å². The predicted octanol–water partition coefficient (Wildman–Crippen LogP) is 2.17. The highest BCUT2D eigenvalue weighted by atomic mass is 127. The van der Waals surface area contributed by atoms with Crippen LogP contribution in [0.1, 0.15) is 5.56 Å². The minimum Gasteiger partial charge on any atom is -0.333 e. The standard InChI is InChI=1S/C7H7I.CH5N/c1-6-2-4-7(8)5-3-6;1-2/h2-5H,1H3;2H2,1H3. The van der Waals surface area contributed by atoms with E-state index in [1.807, 2.05) is 0 Å². The number of nitrogens with two attached hydrogens (primary N) is 1. The van der Waals surface area contributed by atoms with Crippen LogP contribution in [0.2, 0.25) is 0 Å².